The van der Waals surface area contributed by atoms with Crippen molar-refractivity contribution in [3.8, 4) is 33.8 Å². The second kappa shape index (κ2) is 9.88. The van der Waals surface area contributed by atoms with Gasteiger partial charge in [0.1, 0.15) is 11.2 Å². The summed E-state index contributed by atoms with van der Waals surface area (Å²) in [6, 6.07) is 23.4. The van der Waals surface area contributed by atoms with Crippen molar-refractivity contribution in [2.75, 3.05) is 5.32 Å². The number of amides is 1. The lowest BCUT2D eigenvalue weighted by Gasteiger charge is -2.08. The molecule has 0 aliphatic heterocycles. The van der Waals surface area contributed by atoms with E-state index in [9.17, 15) is 4.79 Å². The van der Waals surface area contributed by atoms with Crippen molar-refractivity contribution in [2.24, 2.45) is 0 Å². The normalized spacial score (nSPS) is 11.2. The smallest absolute Gasteiger partial charge is 0.228 e. The van der Waals surface area contributed by atoms with Gasteiger partial charge >= 0.3 is 0 Å². The molecule has 2 aromatic carbocycles. The first kappa shape index (κ1) is 23.4. The van der Waals surface area contributed by atoms with Gasteiger partial charge in [0.25, 0.3) is 0 Å². The van der Waals surface area contributed by atoms with Crippen LogP contribution in [0.25, 0.3) is 55.8 Å². The van der Waals surface area contributed by atoms with Gasteiger partial charge in [-0.25, -0.2) is 9.97 Å². The lowest BCUT2D eigenvalue weighted by molar-refractivity contribution is -0.115. The third kappa shape index (κ3) is 4.45. The van der Waals surface area contributed by atoms with Gasteiger partial charge in [0, 0.05) is 41.3 Å². The molecule has 0 unspecified atom stereocenters. The van der Waals surface area contributed by atoms with Crippen LogP contribution < -0.4 is 5.32 Å². The fourth-order valence-corrected chi connectivity index (χ4v) is 4.81. The molecule has 7 aromatic rings. The second-order valence-electron chi connectivity index (χ2n) is 9.38. The maximum absolute atomic E-state index is 12.6. The third-order valence-corrected chi connectivity index (χ3v) is 6.73. The van der Waals surface area contributed by atoms with Gasteiger partial charge < -0.3 is 10.3 Å². The minimum Gasteiger partial charge on any atom is -0.324 e. The first-order valence-electron chi connectivity index (χ1n) is 12.7. The summed E-state index contributed by atoms with van der Waals surface area (Å²) in [6.07, 6.45) is 9.01. The number of hydrogen-bond acceptors (Lipinski definition) is 6. The molecule has 0 saturated carbocycles. The number of fused-ring (bicyclic) bond motifs is 2. The van der Waals surface area contributed by atoms with Gasteiger partial charge in [-0.15, -0.1) is 0 Å². The monoisotopic (exact) mass is 522 g/mol. The van der Waals surface area contributed by atoms with Crippen LogP contribution in [-0.4, -0.2) is 41.0 Å². The van der Waals surface area contributed by atoms with Gasteiger partial charge in [-0.05, 0) is 53.1 Å². The molecule has 9 nitrogen and oxygen atoms in total. The van der Waals surface area contributed by atoms with Crippen molar-refractivity contribution >= 4 is 33.7 Å². The zero-order valence-corrected chi connectivity index (χ0v) is 21.2. The highest BCUT2D eigenvalue weighted by Gasteiger charge is 2.16. The Hall–Kier alpha value is -5.70. The van der Waals surface area contributed by atoms with E-state index in [2.05, 4.69) is 35.5 Å². The fraction of sp³-hybridized carbons (Fsp3) is 0.0323. The summed E-state index contributed by atoms with van der Waals surface area (Å²) in [5.74, 6) is 0.523. The minimum absolute atomic E-state index is 0.0950. The molecule has 0 saturated heterocycles. The van der Waals surface area contributed by atoms with Crippen LogP contribution >= 0.6 is 0 Å². The molecule has 0 spiro atoms. The van der Waals surface area contributed by atoms with Crippen LogP contribution in [0.5, 0.6) is 0 Å². The predicted molar refractivity (Wildman–Crippen MR) is 154 cm³/mol. The van der Waals surface area contributed by atoms with Crippen molar-refractivity contribution in [3.63, 3.8) is 0 Å². The van der Waals surface area contributed by atoms with Gasteiger partial charge in [0.2, 0.25) is 5.91 Å². The number of carbonyl (C=O) groups excluding carboxylic acids is 1. The summed E-state index contributed by atoms with van der Waals surface area (Å²) >= 11 is 0. The Bertz CT molecular complexity index is 1980. The van der Waals surface area contributed by atoms with E-state index in [1.807, 2.05) is 72.8 Å². The first-order valence-corrected chi connectivity index (χ1v) is 12.7. The number of aromatic nitrogens is 7. The number of benzene rings is 2. The molecule has 5 heterocycles. The molecule has 0 fully saturated rings. The number of aromatic amines is 2. The van der Waals surface area contributed by atoms with E-state index < -0.39 is 0 Å². The lowest BCUT2D eigenvalue weighted by atomic mass is 10.0. The number of hydrogen-bond donors (Lipinski definition) is 3. The largest absolute Gasteiger partial charge is 0.324 e. The fourth-order valence-electron chi connectivity index (χ4n) is 4.81. The highest BCUT2D eigenvalue weighted by molar-refractivity contribution is 5.98. The van der Waals surface area contributed by atoms with Crippen LogP contribution in [0.3, 0.4) is 0 Å². The van der Waals surface area contributed by atoms with Crippen LogP contribution in [0.2, 0.25) is 0 Å². The average molecular weight is 523 g/mol. The SMILES string of the molecule is O=C(Cc1ccccc1)Nc1cncc(-c2ccc3[nH]nc(-c4nc5c(-c6ccncc6)ccnc5[nH]4)c3c2)c1. The summed E-state index contributed by atoms with van der Waals surface area (Å²) in [6.45, 7) is 0. The lowest BCUT2D eigenvalue weighted by Crippen LogP contribution is -2.14. The van der Waals surface area contributed by atoms with Crippen molar-refractivity contribution in [1.29, 1.82) is 0 Å². The van der Waals surface area contributed by atoms with Gasteiger partial charge in [-0.1, -0.05) is 36.4 Å². The molecule has 0 aliphatic rings. The van der Waals surface area contributed by atoms with Crippen LogP contribution in [-0.2, 0) is 11.2 Å². The first-order chi connectivity index (χ1) is 19.7. The standard InChI is InChI=1S/C31H22N8O/c40-27(14-19-4-2-1-3-5-19)35-23-15-22(17-33-18-23)21-6-7-26-25(16-21)29(39-38-26)31-36-28-24(10-13-34-30(28)37-31)20-8-11-32-12-9-20/h1-13,15-18H,14H2,(H,35,40)(H,38,39)(H,34,36,37). The molecule has 3 N–H and O–H groups in total. The minimum atomic E-state index is -0.0950. The van der Waals surface area contributed by atoms with E-state index in [0.717, 1.165) is 44.2 Å². The van der Waals surface area contributed by atoms with Gasteiger partial charge in [-0.2, -0.15) is 5.10 Å². The molecule has 1 amide bonds. The summed E-state index contributed by atoms with van der Waals surface area (Å²) in [5, 5.41) is 11.5. The number of rotatable bonds is 6. The Morgan fingerprint density at radius 3 is 2.58 bits per heavy atom. The molecule has 0 aliphatic carbocycles. The number of imidazole rings is 1. The van der Waals surface area contributed by atoms with E-state index in [1.54, 1.807) is 31.0 Å². The highest BCUT2D eigenvalue weighted by Crippen LogP contribution is 2.32. The number of carbonyl (C=O) groups is 1. The maximum atomic E-state index is 12.6. The van der Waals surface area contributed by atoms with E-state index in [1.165, 1.54) is 0 Å². The topological polar surface area (TPSA) is 125 Å². The van der Waals surface area contributed by atoms with Crippen molar-refractivity contribution < 1.29 is 4.79 Å². The Labute approximate surface area is 228 Å². The summed E-state index contributed by atoms with van der Waals surface area (Å²) < 4.78 is 0. The summed E-state index contributed by atoms with van der Waals surface area (Å²) in [7, 11) is 0. The number of nitrogens with zero attached hydrogens (tertiary/aromatic N) is 5. The van der Waals surface area contributed by atoms with Crippen molar-refractivity contribution in [1.82, 2.24) is 35.1 Å². The van der Waals surface area contributed by atoms with E-state index in [0.29, 0.717) is 29.3 Å². The second-order valence-corrected chi connectivity index (χ2v) is 9.38. The Morgan fingerprint density at radius 1 is 0.825 bits per heavy atom. The maximum Gasteiger partial charge on any atom is 0.228 e. The Morgan fingerprint density at radius 2 is 1.70 bits per heavy atom. The molecular formula is C31H22N8O. The quantitative estimate of drug-likeness (QED) is 0.253. The summed E-state index contributed by atoms with van der Waals surface area (Å²) in [5.41, 5.74) is 8.39. The van der Waals surface area contributed by atoms with Crippen LogP contribution in [0.15, 0.2) is 104 Å². The van der Waals surface area contributed by atoms with Gasteiger partial charge in [0.05, 0.1) is 23.8 Å². The number of anilines is 1. The zero-order valence-electron chi connectivity index (χ0n) is 21.2. The number of pyridine rings is 3. The van der Waals surface area contributed by atoms with Crippen LogP contribution in [0.4, 0.5) is 5.69 Å². The molecule has 192 valence electrons. The molecule has 0 radical (unpaired) electrons. The highest BCUT2D eigenvalue weighted by atomic mass is 16.1. The molecule has 0 atom stereocenters. The van der Waals surface area contributed by atoms with Crippen LogP contribution in [0, 0.1) is 0 Å². The Balaban J connectivity index is 1.21. The molecule has 7 rings (SSSR count). The molecule has 9 heteroatoms. The zero-order chi connectivity index (χ0) is 26.9. The number of nitrogens with one attached hydrogen (secondary N) is 3. The van der Waals surface area contributed by atoms with Crippen LogP contribution in [0.1, 0.15) is 5.56 Å². The number of H-pyrrole nitrogens is 2. The molecule has 40 heavy (non-hydrogen) atoms. The van der Waals surface area contributed by atoms with E-state index in [4.69, 9.17) is 4.98 Å². The summed E-state index contributed by atoms with van der Waals surface area (Å²) in [4.78, 5) is 33.8. The predicted octanol–water partition coefficient (Wildman–Crippen LogP) is 5.81. The Kier molecular flexibility index (Phi) is 5.78. The van der Waals surface area contributed by atoms with Crippen molar-refractivity contribution in [2.45, 2.75) is 6.42 Å². The molecule has 5 aromatic heterocycles. The van der Waals surface area contributed by atoms with Gasteiger partial charge in [-0.3, -0.25) is 19.9 Å². The average Bonchev–Trinajstić information content (AvgIpc) is 3.62. The van der Waals surface area contributed by atoms with Crippen molar-refractivity contribution in [3.05, 3.63) is 109 Å². The van der Waals surface area contributed by atoms with E-state index >= 15 is 0 Å². The molecular weight excluding hydrogens is 500 g/mol. The van der Waals surface area contributed by atoms with Gasteiger partial charge in [0.15, 0.2) is 11.5 Å². The molecule has 0 bridgehead atoms. The third-order valence-electron chi connectivity index (χ3n) is 6.73. The van der Waals surface area contributed by atoms with E-state index in [-0.39, 0.29) is 5.91 Å².